The molecule has 5 heteroatoms. The molecule has 3 rings (SSSR count). The number of oxime groups is 1. The van der Waals surface area contributed by atoms with Crippen molar-refractivity contribution in [3.8, 4) is 17.2 Å². The Bertz CT molecular complexity index is 850. The van der Waals surface area contributed by atoms with Crippen LogP contribution in [-0.2, 0) is 4.84 Å². The van der Waals surface area contributed by atoms with Crippen LogP contribution in [0.2, 0.25) is 0 Å². The summed E-state index contributed by atoms with van der Waals surface area (Å²) in [4.78, 5) is 4.72. The van der Waals surface area contributed by atoms with E-state index in [9.17, 15) is 0 Å². The van der Waals surface area contributed by atoms with E-state index in [1.165, 1.54) is 7.11 Å². The summed E-state index contributed by atoms with van der Waals surface area (Å²) in [7, 11) is 1.53. The van der Waals surface area contributed by atoms with Gasteiger partial charge in [0, 0.05) is 0 Å². The van der Waals surface area contributed by atoms with Crippen LogP contribution in [0, 0.1) is 13.8 Å². The fraction of sp³-hybridized carbons (Fsp3) is 0.400. The first-order valence-corrected chi connectivity index (χ1v) is 10.5. The van der Waals surface area contributed by atoms with Crippen molar-refractivity contribution in [1.29, 1.82) is 0 Å². The second-order valence-corrected chi connectivity index (χ2v) is 7.50. The minimum atomic E-state index is 0.0342. The van der Waals surface area contributed by atoms with E-state index in [1.54, 1.807) is 6.21 Å². The molecule has 1 aliphatic carbocycles. The van der Waals surface area contributed by atoms with Crippen LogP contribution in [0.3, 0.4) is 0 Å². The molecule has 0 N–H and O–H groups in total. The van der Waals surface area contributed by atoms with Crippen LogP contribution in [0.15, 0.2) is 53.7 Å². The van der Waals surface area contributed by atoms with E-state index >= 15 is 0 Å². The molecule has 1 saturated carbocycles. The Morgan fingerprint density at radius 2 is 1.63 bits per heavy atom. The molecule has 0 saturated heterocycles. The molecule has 2 unspecified atom stereocenters. The monoisotopic (exact) mass is 409 g/mol. The maximum Gasteiger partial charge on any atom is 0.135 e. The highest BCUT2D eigenvalue weighted by atomic mass is 16.6. The molecule has 0 aliphatic heterocycles. The average Bonchev–Trinajstić information content (AvgIpc) is 3.17. The third-order valence-corrected chi connectivity index (χ3v) is 5.15. The third kappa shape index (κ3) is 5.78. The predicted molar refractivity (Wildman–Crippen MR) is 120 cm³/mol. The Morgan fingerprint density at radius 3 is 2.27 bits per heavy atom. The number of rotatable bonds is 9. The fourth-order valence-corrected chi connectivity index (χ4v) is 3.65. The predicted octanol–water partition coefficient (Wildman–Crippen LogP) is 5.62. The van der Waals surface area contributed by atoms with E-state index in [2.05, 4.69) is 19.0 Å². The maximum absolute atomic E-state index is 6.45. The summed E-state index contributed by atoms with van der Waals surface area (Å²) in [5.41, 5.74) is 3.13. The summed E-state index contributed by atoms with van der Waals surface area (Å²) in [6, 6.07) is 11.9. The highest BCUT2D eigenvalue weighted by Gasteiger charge is 2.31. The van der Waals surface area contributed by atoms with Gasteiger partial charge in [0.05, 0.1) is 6.21 Å². The zero-order valence-electron chi connectivity index (χ0n) is 18.3. The molecule has 0 heterocycles. The maximum atomic E-state index is 6.45. The van der Waals surface area contributed by atoms with E-state index < -0.39 is 0 Å². The number of allylic oxidation sites excluding steroid dienone is 1. The van der Waals surface area contributed by atoms with Crippen LogP contribution in [0.4, 0.5) is 0 Å². The lowest BCUT2D eigenvalue weighted by molar-refractivity contribution is 0.0769. The van der Waals surface area contributed by atoms with Crippen molar-refractivity contribution < 1.29 is 19.0 Å². The molecular formula is C25H31NO4. The third-order valence-electron chi connectivity index (χ3n) is 5.15. The highest BCUT2D eigenvalue weighted by molar-refractivity contribution is 5.79. The molecule has 0 aromatic heterocycles. The average molecular weight is 410 g/mol. The van der Waals surface area contributed by atoms with Gasteiger partial charge in [0.1, 0.15) is 43.2 Å². The van der Waals surface area contributed by atoms with Gasteiger partial charge in [-0.3, -0.25) is 0 Å². The highest BCUT2D eigenvalue weighted by Crippen LogP contribution is 2.34. The van der Waals surface area contributed by atoms with E-state index in [-0.39, 0.29) is 12.2 Å². The van der Waals surface area contributed by atoms with E-state index in [0.717, 1.165) is 53.2 Å². The van der Waals surface area contributed by atoms with Gasteiger partial charge in [0.25, 0.3) is 0 Å². The van der Waals surface area contributed by atoms with E-state index in [4.69, 9.17) is 19.0 Å². The summed E-state index contributed by atoms with van der Waals surface area (Å²) in [5, 5.41) is 3.78. The molecule has 0 amide bonds. The van der Waals surface area contributed by atoms with Gasteiger partial charge < -0.3 is 19.0 Å². The summed E-state index contributed by atoms with van der Waals surface area (Å²) in [6.45, 7) is 6.69. The standard InChI is InChI=1S/C25H31NO4/c1-5-6-14-28-22-15-18(2)25(19(3)16-22)30-24-9-7-8-23(24)29-21-12-10-20(11-13-21)17-26-27-4/h5-6,10-13,15-17,23-24H,7-9,14H2,1-4H3/b6-5+,26-17-. The van der Waals surface area contributed by atoms with Gasteiger partial charge in [-0.05, 0) is 93.1 Å². The molecule has 1 aliphatic rings. The second-order valence-electron chi connectivity index (χ2n) is 7.50. The number of aryl methyl sites for hydroxylation is 2. The first-order chi connectivity index (χ1) is 14.6. The number of ether oxygens (including phenoxy) is 3. The van der Waals surface area contributed by atoms with Gasteiger partial charge in [-0.15, -0.1) is 0 Å². The van der Waals surface area contributed by atoms with Crippen LogP contribution >= 0.6 is 0 Å². The van der Waals surface area contributed by atoms with Gasteiger partial charge in [-0.2, -0.15) is 0 Å². The number of benzene rings is 2. The summed E-state index contributed by atoms with van der Waals surface area (Å²) < 4.78 is 18.5. The lowest BCUT2D eigenvalue weighted by atomic mass is 10.1. The van der Waals surface area contributed by atoms with Crippen LogP contribution in [-0.4, -0.2) is 32.1 Å². The normalized spacial score (nSPS) is 18.8. The van der Waals surface area contributed by atoms with Crippen molar-refractivity contribution in [2.24, 2.45) is 5.16 Å². The van der Waals surface area contributed by atoms with Crippen LogP contribution in [0.1, 0.15) is 42.9 Å². The van der Waals surface area contributed by atoms with Crippen LogP contribution < -0.4 is 14.2 Å². The van der Waals surface area contributed by atoms with Gasteiger partial charge in [-0.25, -0.2) is 0 Å². The quantitative estimate of drug-likeness (QED) is 0.306. The van der Waals surface area contributed by atoms with Crippen molar-refractivity contribution in [2.75, 3.05) is 13.7 Å². The van der Waals surface area contributed by atoms with Crippen molar-refractivity contribution in [3.05, 3.63) is 65.2 Å². The Hall–Kier alpha value is -2.95. The van der Waals surface area contributed by atoms with Crippen LogP contribution in [0.5, 0.6) is 17.2 Å². The molecule has 2 atom stereocenters. The van der Waals surface area contributed by atoms with Gasteiger partial charge >= 0.3 is 0 Å². The van der Waals surface area contributed by atoms with E-state index in [0.29, 0.717) is 6.61 Å². The molecular weight excluding hydrogens is 378 g/mol. The Balaban J connectivity index is 1.65. The van der Waals surface area contributed by atoms with Gasteiger partial charge in [0.15, 0.2) is 0 Å². The van der Waals surface area contributed by atoms with E-state index in [1.807, 2.05) is 55.5 Å². The van der Waals surface area contributed by atoms with Gasteiger partial charge in [0.2, 0.25) is 0 Å². The van der Waals surface area contributed by atoms with Crippen molar-refractivity contribution in [2.45, 2.75) is 52.2 Å². The Labute approximate surface area is 179 Å². The van der Waals surface area contributed by atoms with Crippen molar-refractivity contribution >= 4 is 6.21 Å². The summed E-state index contributed by atoms with van der Waals surface area (Å²) >= 11 is 0. The Morgan fingerprint density at radius 1 is 0.967 bits per heavy atom. The molecule has 0 spiro atoms. The van der Waals surface area contributed by atoms with Crippen LogP contribution in [0.25, 0.3) is 0 Å². The Kier molecular flexibility index (Phi) is 7.77. The van der Waals surface area contributed by atoms with Crippen molar-refractivity contribution in [3.63, 3.8) is 0 Å². The first kappa shape index (κ1) is 21.8. The van der Waals surface area contributed by atoms with Gasteiger partial charge in [-0.1, -0.05) is 17.3 Å². The lowest BCUT2D eigenvalue weighted by Crippen LogP contribution is -2.31. The molecule has 160 valence electrons. The molecule has 2 aromatic rings. The molecule has 5 nitrogen and oxygen atoms in total. The largest absolute Gasteiger partial charge is 0.490 e. The minimum Gasteiger partial charge on any atom is -0.490 e. The zero-order chi connectivity index (χ0) is 21.3. The minimum absolute atomic E-state index is 0.0342. The number of hydrogen-bond donors (Lipinski definition) is 0. The molecule has 1 fully saturated rings. The summed E-state index contributed by atoms with van der Waals surface area (Å²) in [5.74, 6) is 2.64. The second kappa shape index (κ2) is 10.7. The molecule has 0 radical (unpaired) electrons. The molecule has 0 bridgehead atoms. The number of nitrogens with zero attached hydrogens (tertiary/aromatic N) is 1. The first-order valence-electron chi connectivity index (χ1n) is 10.5. The summed E-state index contributed by atoms with van der Waals surface area (Å²) in [6.07, 6.45) is 8.78. The number of hydrogen-bond acceptors (Lipinski definition) is 5. The molecule has 30 heavy (non-hydrogen) atoms. The van der Waals surface area contributed by atoms with Crippen molar-refractivity contribution in [1.82, 2.24) is 0 Å². The zero-order valence-corrected chi connectivity index (χ0v) is 18.3. The smallest absolute Gasteiger partial charge is 0.135 e. The fourth-order valence-electron chi connectivity index (χ4n) is 3.65. The lowest BCUT2D eigenvalue weighted by Gasteiger charge is -2.24. The molecule has 2 aromatic carbocycles. The SMILES string of the molecule is C/C=C/COc1cc(C)c(OC2CCCC2Oc2ccc(/C=N\OC)cc2)c(C)c1. The topological polar surface area (TPSA) is 49.3 Å².